The monoisotopic (exact) mass is 307 g/mol. The van der Waals surface area contributed by atoms with Crippen molar-refractivity contribution in [2.45, 2.75) is 12.8 Å². The van der Waals surface area contributed by atoms with Crippen LogP contribution in [0.3, 0.4) is 0 Å². The molecule has 2 atom stereocenters. The molecule has 1 N–H and O–H groups in total. The molecule has 0 aliphatic carbocycles. The molecule has 1 aromatic heterocycles. The van der Waals surface area contributed by atoms with Crippen LogP contribution in [0.2, 0.25) is 0 Å². The minimum absolute atomic E-state index is 0.132. The van der Waals surface area contributed by atoms with Crippen molar-refractivity contribution in [3.05, 3.63) is 72.1 Å². The molecule has 3 rings (SSSR count). The van der Waals surface area contributed by atoms with Crippen LogP contribution in [0.15, 0.2) is 60.9 Å². The van der Waals surface area contributed by atoms with Crippen LogP contribution in [-0.4, -0.2) is 23.8 Å². The Morgan fingerprint density at radius 3 is 2.35 bits per heavy atom. The van der Waals surface area contributed by atoms with E-state index in [0.29, 0.717) is 0 Å². The molecule has 0 fully saturated rings. The first kappa shape index (κ1) is 15.5. The fourth-order valence-corrected chi connectivity index (χ4v) is 3.09. The number of rotatable bonds is 5. The predicted molar refractivity (Wildman–Crippen MR) is 92.8 cm³/mol. The Bertz CT molecular complexity index is 786. The molecule has 0 amide bonds. The Morgan fingerprint density at radius 1 is 0.957 bits per heavy atom. The van der Waals surface area contributed by atoms with Gasteiger partial charge in [-0.25, -0.2) is 0 Å². The Morgan fingerprint density at radius 2 is 1.65 bits per heavy atom. The van der Waals surface area contributed by atoms with Crippen molar-refractivity contribution in [2.75, 3.05) is 13.7 Å². The third kappa shape index (κ3) is 3.20. The van der Waals surface area contributed by atoms with Gasteiger partial charge in [0.05, 0.1) is 7.11 Å². The molecule has 1 heterocycles. The topological polar surface area (TPSA) is 42.4 Å². The van der Waals surface area contributed by atoms with E-state index < -0.39 is 0 Å². The standard InChI is InChI=1S/C20H21NO2/c1-14(13-22)20(15-7-9-21-10-8-15)18-4-3-17-12-19(23-2)6-5-16(17)11-18/h3-12,14,20,22H,13H2,1-2H3. The molecule has 2 aromatic carbocycles. The predicted octanol–water partition coefficient (Wildman–Crippen LogP) is 4.00. The number of nitrogens with zero attached hydrogens (tertiary/aromatic N) is 1. The molecule has 0 aliphatic heterocycles. The molecular weight excluding hydrogens is 286 g/mol. The zero-order valence-corrected chi connectivity index (χ0v) is 13.4. The average molecular weight is 307 g/mol. The highest BCUT2D eigenvalue weighted by atomic mass is 16.5. The molecule has 23 heavy (non-hydrogen) atoms. The van der Waals surface area contributed by atoms with Gasteiger partial charge in [-0.3, -0.25) is 4.98 Å². The van der Waals surface area contributed by atoms with E-state index in [1.807, 2.05) is 24.3 Å². The molecule has 0 aliphatic rings. The molecule has 0 spiro atoms. The van der Waals surface area contributed by atoms with Gasteiger partial charge in [-0.1, -0.05) is 31.2 Å². The number of benzene rings is 2. The van der Waals surface area contributed by atoms with Crippen molar-refractivity contribution in [2.24, 2.45) is 5.92 Å². The Kier molecular flexibility index (Phi) is 4.58. The smallest absolute Gasteiger partial charge is 0.119 e. The van der Waals surface area contributed by atoms with E-state index in [-0.39, 0.29) is 18.4 Å². The third-order valence-electron chi connectivity index (χ3n) is 4.35. The summed E-state index contributed by atoms with van der Waals surface area (Å²) < 4.78 is 5.28. The van der Waals surface area contributed by atoms with Crippen LogP contribution in [-0.2, 0) is 0 Å². The van der Waals surface area contributed by atoms with Gasteiger partial charge in [0, 0.05) is 24.9 Å². The third-order valence-corrected chi connectivity index (χ3v) is 4.35. The number of methoxy groups -OCH3 is 1. The van der Waals surface area contributed by atoms with E-state index in [0.717, 1.165) is 11.1 Å². The highest BCUT2D eigenvalue weighted by Gasteiger charge is 2.21. The number of aliphatic hydroxyl groups excluding tert-OH is 1. The molecule has 2 unspecified atom stereocenters. The summed E-state index contributed by atoms with van der Waals surface area (Å²) in [4.78, 5) is 4.10. The van der Waals surface area contributed by atoms with E-state index >= 15 is 0 Å². The molecule has 3 aromatic rings. The van der Waals surface area contributed by atoms with Crippen LogP contribution in [0.4, 0.5) is 0 Å². The van der Waals surface area contributed by atoms with Gasteiger partial charge in [-0.05, 0) is 52.1 Å². The number of pyridine rings is 1. The highest BCUT2D eigenvalue weighted by molar-refractivity contribution is 5.84. The van der Waals surface area contributed by atoms with Crippen molar-refractivity contribution in [1.29, 1.82) is 0 Å². The minimum atomic E-state index is 0.132. The summed E-state index contributed by atoms with van der Waals surface area (Å²) in [7, 11) is 1.68. The first-order valence-electron chi connectivity index (χ1n) is 7.81. The number of aliphatic hydroxyl groups is 1. The second-order valence-electron chi connectivity index (χ2n) is 5.89. The number of ether oxygens (including phenoxy) is 1. The molecule has 118 valence electrons. The lowest BCUT2D eigenvalue weighted by atomic mass is 9.82. The van der Waals surface area contributed by atoms with Gasteiger partial charge in [0.25, 0.3) is 0 Å². The summed E-state index contributed by atoms with van der Waals surface area (Å²) in [6.07, 6.45) is 3.61. The van der Waals surface area contributed by atoms with E-state index in [9.17, 15) is 5.11 Å². The second kappa shape index (κ2) is 6.80. The lowest BCUT2D eigenvalue weighted by Gasteiger charge is -2.24. The maximum absolute atomic E-state index is 9.68. The van der Waals surface area contributed by atoms with E-state index in [1.165, 1.54) is 16.5 Å². The van der Waals surface area contributed by atoms with Gasteiger partial charge in [0.2, 0.25) is 0 Å². The van der Waals surface area contributed by atoms with Crippen molar-refractivity contribution in [3.63, 3.8) is 0 Å². The van der Waals surface area contributed by atoms with E-state index in [4.69, 9.17) is 4.74 Å². The molecule has 0 radical (unpaired) electrons. The summed E-state index contributed by atoms with van der Waals surface area (Å²) in [6.45, 7) is 2.22. The summed E-state index contributed by atoms with van der Waals surface area (Å²) in [5.74, 6) is 1.14. The fourth-order valence-electron chi connectivity index (χ4n) is 3.09. The second-order valence-corrected chi connectivity index (χ2v) is 5.89. The number of hydrogen-bond acceptors (Lipinski definition) is 3. The maximum atomic E-state index is 9.68. The first-order valence-corrected chi connectivity index (χ1v) is 7.81. The van der Waals surface area contributed by atoms with Crippen molar-refractivity contribution < 1.29 is 9.84 Å². The molecule has 3 heteroatoms. The lowest BCUT2D eigenvalue weighted by molar-refractivity contribution is 0.225. The molecule has 3 nitrogen and oxygen atoms in total. The van der Waals surface area contributed by atoms with Crippen LogP contribution in [0.25, 0.3) is 10.8 Å². The van der Waals surface area contributed by atoms with Crippen molar-refractivity contribution >= 4 is 10.8 Å². The van der Waals surface area contributed by atoms with E-state index in [1.54, 1.807) is 19.5 Å². The Balaban J connectivity index is 2.07. The van der Waals surface area contributed by atoms with Crippen molar-refractivity contribution in [3.8, 4) is 5.75 Å². The van der Waals surface area contributed by atoms with Crippen molar-refractivity contribution in [1.82, 2.24) is 4.98 Å². The lowest BCUT2D eigenvalue weighted by Crippen LogP contribution is -2.15. The van der Waals surface area contributed by atoms with Crippen LogP contribution in [0, 0.1) is 5.92 Å². The Hall–Kier alpha value is -2.39. The number of hydrogen-bond donors (Lipinski definition) is 1. The quantitative estimate of drug-likeness (QED) is 0.774. The zero-order chi connectivity index (χ0) is 16.2. The summed E-state index contributed by atoms with van der Waals surface area (Å²) in [6, 6.07) is 16.6. The summed E-state index contributed by atoms with van der Waals surface area (Å²) >= 11 is 0. The summed E-state index contributed by atoms with van der Waals surface area (Å²) in [5.41, 5.74) is 2.38. The molecule has 0 saturated carbocycles. The molecule has 0 saturated heterocycles. The van der Waals surface area contributed by atoms with Crippen LogP contribution < -0.4 is 4.74 Å². The number of fused-ring (bicyclic) bond motifs is 1. The molecular formula is C20H21NO2. The first-order chi connectivity index (χ1) is 11.2. The normalized spacial score (nSPS) is 13.7. The van der Waals surface area contributed by atoms with Gasteiger partial charge >= 0.3 is 0 Å². The van der Waals surface area contributed by atoms with Crippen LogP contribution >= 0.6 is 0 Å². The van der Waals surface area contributed by atoms with Gasteiger partial charge in [0.1, 0.15) is 5.75 Å². The Labute approximate surface area is 136 Å². The van der Waals surface area contributed by atoms with Gasteiger partial charge in [0.15, 0.2) is 0 Å². The largest absolute Gasteiger partial charge is 0.497 e. The average Bonchev–Trinajstić information content (AvgIpc) is 2.62. The summed E-state index contributed by atoms with van der Waals surface area (Å²) in [5, 5.41) is 12.0. The molecule has 0 bridgehead atoms. The van der Waals surface area contributed by atoms with E-state index in [2.05, 4.69) is 36.2 Å². The fraction of sp³-hybridized carbons (Fsp3) is 0.250. The highest BCUT2D eigenvalue weighted by Crippen LogP contribution is 2.34. The number of aromatic nitrogens is 1. The maximum Gasteiger partial charge on any atom is 0.119 e. The zero-order valence-electron chi connectivity index (χ0n) is 13.4. The van der Waals surface area contributed by atoms with Crippen LogP contribution in [0.5, 0.6) is 5.75 Å². The SMILES string of the molecule is COc1ccc2cc(C(c3ccncc3)C(C)CO)ccc2c1. The van der Waals surface area contributed by atoms with Gasteiger partial charge < -0.3 is 9.84 Å². The van der Waals surface area contributed by atoms with Gasteiger partial charge in [-0.15, -0.1) is 0 Å². The van der Waals surface area contributed by atoms with Crippen LogP contribution in [0.1, 0.15) is 24.0 Å². The minimum Gasteiger partial charge on any atom is -0.497 e. The van der Waals surface area contributed by atoms with Gasteiger partial charge in [-0.2, -0.15) is 0 Å².